The van der Waals surface area contributed by atoms with E-state index in [1.54, 1.807) is 0 Å². The number of ketones is 1. The van der Waals surface area contributed by atoms with Crippen molar-refractivity contribution in [3.8, 4) is 0 Å². The van der Waals surface area contributed by atoms with Gasteiger partial charge in [-0.3, -0.25) is 14.4 Å². The normalized spacial score (nSPS) is 37.0. The number of allylic oxidation sites excluding steroid dienone is 2. The van der Waals surface area contributed by atoms with Gasteiger partial charge in [-0.2, -0.15) is 0 Å². The summed E-state index contributed by atoms with van der Waals surface area (Å²) in [6, 6.07) is 16.3. The van der Waals surface area contributed by atoms with Crippen molar-refractivity contribution in [2.45, 2.75) is 149 Å². The van der Waals surface area contributed by atoms with Gasteiger partial charge in [0.05, 0.1) is 28.5 Å². The molecule has 6 fully saturated rings. The fraction of sp³-hybridized carbons (Fsp3) is 0.627. The molecule has 1 aliphatic heterocycles. The highest BCUT2D eigenvalue weighted by molar-refractivity contribution is 7.21. The lowest BCUT2D eigenvalue weighted by Crippen LogP contribution is -2.62. The Morgan fingerprint density at radius 2 is 1.71 bits per heavy atom. The number of amides is 1. The van der Waals surface area contributed by atoms with Crippen LogP contribution in [0.4, 0.5) is 0 Å². The number of rotatable bonds is 7. The summed E-state index contributed by atoms with van der Waals surface area (Å²) in [5, 5.41) is 25.8. The molecule has 6 bridgehead atoms. The van der Waals surface area contributed by atoms with Crippen molar-refractivity contribution >= 4 is 39.1 Å². The van der Waals surface area contributed by atoms with Crippen LogP contribution in [0.25, 0.3) is 10.1 Å². The lowest BCUT2D eigenvalue weighted by Gasteiger charge is -2.61. The van der Waals surface area contributed by atoms with Gasteiger partial charge < -0.3 is 19.8 Å². The van der Waals surface area contributed by atoms with Crippen LogP contribution in [0.15, 0.2) is 60.2 Å². The number of fused-ring (bicyclic) bond motifs is 13. The molecule has 1 saturated heterocycles. The van der Waals surface area contributed by atoms with E-state index in [1.807, 2.05) is 56.0 Å². The Labute approximate surface area is 355 Å². The van der Waals surface area contributed by atoms with Crippen LogP contribution >= 0.6 is 11.3 Å². The quantitative estimate of drug-likeness (QED) is 0.140. The third-order valence-corrected chi connectivity index (χ3v) is 19.3. The number of benzene rings is 2. The summed E-state index contributed by atoms with van der Waals surface area (Å²) in [4.78, 5) is 46.6. The second kappa shape index (κ2) is 14.1. The summed E-state index contributed by atoms with van der Waals surface area (Å²) >= 11 is 1.51. The van der Waals surface area contributed by atoms with E-state index in [2.05, 4.69) is 52.0 Å². The fourth-order valence-corrected chi connectivity index (χ4v) is 14.4. The summed E-state index contributed by atoms with van der Waals surface area (Å²) in [5.74, 6) is 0.915. The molecule has 1 amide bonds. The zero-order chi connectivity index (χ0) is 41.9. The van der Waals surface area contributed by atoms with Crippen molar-refractivity contribution in [1.29, 1.82) is 0 Å². The number of esters is 1. The van der Waals surface area contributed by atoms with Crippen molar-refractivity contribution < 1.29 is 29.3 Å². The zero-order valence-corrected chi connectivity index (χ0v) is 37.2. The highest BCUT2D eigenvalue weighted by atomic mass is 32.1. The van der Waals surface area contributed by atoms with Crippen LogP contribution in [0.5, 0.6) is 0 Å². The lowest BCUT2D eigenvalue weighted by molar-refractivity contribution is -0.181. The van der Waals surface area contributed by atoms with Crippen LogP contribution in [0.3, 0.4) is 0 Å². The standard InChI is InChI=1S/C51H65NO6S/c1-31-11-10-21-48(6)39(37-19-15-32(25-36(53)18-14-31)26-38(37)43(54)42-27-33-12-8-9-13-41(33)59-42)20-22-50(48,57)30-52(29-34-16-17-35-28-40(34)46(35,2)3)44(55)51-24-23-49(7,45(56)58-51)47(51,4)5/h8-9,11-13,15,19,26-27,34-36,39-40,53,57H,10,14,16-18,20-25,28-30H2,1-7H3/t34-,35-,36-,39-,40-,48-,49-,50+,51+/m0/s1. The number of aliphatic hydroxyl groups excluding tert-OH is 1. The average Bonchev–Trinajstić information content (AvgIpc) is 3.85. The second-order valence-electron chi connectivity index (χ2n) is 21.5. The number of nitrogens with zero attached hydrogens (tertiary/aromatic N) is 1. The van der Waals surface area contributed by atoms with Crippen molar-refractivity contribution in [3.05, 3.63) is 81.7 Å². The molecule has 8 heteroatoms. The van der Waals surface area contributed by atoms with Gasteiger partial charge in [0.15, 0.2) is 5.60 Å². The Morgan fingerprint density at radius 1 is 0.932 bits per heavy atom. The van der Waals surface area contributed by atoms with E-state index in [4.69, 9.17) is 4.74 Å². The Bertz CT molecular complexity index is 2200. The zero-order valence-electron chi connectivity index (χ0n) is 36.4. The molecule has 0 spiro atoms. The van der Waals surface area contributed by atoms with Gasteiger partial charge >= 0.3 is 5.97 Å². The maximum Gasteiger partial charge on any atom is 0.313 e. The maximum absolute atomic E-state index is 15.6. The molecular weight excluding hydrogens is 755 g/mol. The largest absolute Gasteiger partial charge is 0.448 e. The topological polar surface area (TPSA) is 104 Å². The van der Waals surface area contributed by atoms with E-state index >= 15 is 4.79 Å². The van der Waals surface area contributed by atoms with E-state index in [9.17, 15) is 19.8 Å². The molecule has 2 aromatic carbocycles. The molecule has 7 aliphatic carbocycles. The first-order valence-electron chi connectivity index (χ1n) is 22.6. The first-order chi connectivity index (χ1) is 27.8. The van der Waals surface area contributed by atoms with Crippen LogP contribution in [0.1, 0.15) is 151 Å². The summed E-state index contributed by atoms with van der Waals surface area (Å²) in [6.07, 6.45) is 10.6. The van der Waals surface area contributed by atoms with E-state index < -0.39 is 33.6 Å². The smallest absolute Gasteiger partial charge is 0.313 e. The van der Waals surface area contributed by atoms with Crippen molar-refractivity contribution in [1.82, 2.24) is 4.90 Å². The van der Waals surface area contributed by atoms with Crippen LogP contribution in [-0.2, 0) is 20.7 Å². The van der Waals surface area contributed by atoms with E-state index in [-0.39, 0.29) is 35.5 Å². The average molecular weight is 820 g/mol. The van der Waals surface area contributed by atoms with Gasteiger partial charge in [-0.1, -0.05) is 76.6 Å². The predicted octanol–water partition coefficient (Wildman–Crippen LogP) is 10.2. The van der Waals surface area contributed by atoms with Gasteiger partial charge in [0, 0.05) is 27.6 Å². The van der Waals surface area contributed by atoms with Gasteiger partial charge in [0.2, 0.25) is 5.78 Å². The number of ether oxygens (including phenoxy) is 1. The molecule has 59 heavy (non-hydrogen) atoms. The summed E-state index contributed by atoms with van der Waals surface area (Å²) in [5.41, 5.74) is -0.742. The highest BCUT2D eigenvalue weighted by Gasteiger charge is 2.76. The molecule has 2 heterocycles. The van der Waals surface area contributed by atoms with Crippen LogP contribution in [0, 0.1) is 39.4 Å². The molecule has 9 atom stereocenters. The van der Waals surface area contributed by atoms with Crippen LogP contribution in [0.2, 0.25) is 0 Å². The Morgan fingerprint density at radius 3 is 2.41 bits per heavy atom. The molecule has 0 radical (unpaired) electrons. The second-order valence-corrected chi connectivity index (χ2v) is 22.6. The SMILES string of the molecule is CC1=CCC[C@@]2(C)[C@@H](CC[C@@]2(O)CN(C[C@@H]2CC[C@H]3C[C@@H]2C3(C)C)C(=O)[C@@]23CC[C@@](C)(C(=O)O2)C3(C)C)c2ccc(cc2C(=O)c2cc3ccccc3s2)C[C@@H](O)CC1. The van der Waals surface area contributed by atoms with Crippen molar-refractivity contribution in [2.24, 2.45) is 39.4 Å². The number of hydrogen-bond donors (Lipinski definition) is 2. The number of carbonyl (C=O) groups excluding carboxylic acids is 3. The minimum Gasteiger partial charge on any atom is -0.448 e. The number of hydrogen-bond acceptors (Lipinski definition) is 7. The maximum atomic E-state index is 15.6. The third kappa shape index (κ3) is 6.10. The molecule has 2 N–H and O–H groups in total. The first-order valence-corrected chi connectivity index (χ1v) is 23.4. The number of thiophene rings is 1. The summed E-state index contributed by atoms with van der Waals surface area (Å²) < 4.78 is 7.35. The number of carbonyl (C=O) groups is 3. The van der Waals surface area contributed by atoms with Crippen LogP contribution in [-0.4, -0.2) is 63.2 Å². The lowest BCUT2D eigenvalue weighted by atomic mass is 9.45. The molecule has 5 saturated carbocycles. The predicted molar refractivity (Wildman–Crippen MR) is 233 cm³/mol. The van der Waals surface area contributed by atoms with Crippen molar-refractivity contribution in [3.63, 3.8) is 0 Å². The van der Waals surface area contributed by atoms with Crippen LogP contribution < -0.4 is 0 Å². The highest BCUT2D eigenvalue weighted by Crippen LogP contribution is 2.67. The molecule has 3 aromatic rings. The molecular formula is C51H65NO6S. The molecule has 316 valence electrons. The van der Waals surface area contributed by atoms with Gasteiger partial charge in [0.25, 0.3) is 5.91 Å². The summed E-state index contributed by atoms with van der Waals surface area (Å²) in [6.45, 7) is 15.8. The van der Waals surface area contributed by atoms with Gasteiger partial charge in [0.1, 0.15) is 0 Å². The molecule has 1 aromatic heterocycles. The molecule has 0 unspecified atom stereocenters. The Kier molecular flexibility index (Phi) is 9.81. The number of aliphatic hydroxyl groups is 2. The van der Waals surface area contributed by atoms with E-state index in [0.29, 0.717) is 73.8 Å². The van der Waals surface area contributed by atoms with Crippen molar-refractivity contribution in [2.75, 3.05) is 13.1 Å². The minimum absolute atomic E-state index is 0.0256. The fourth-order valence-electron chi connectivity index (χ4n) is 13.4. The monoisotopic (exact) mass is 819 g/mol. The van der Waals surface area contributed by atoms with Gasteiger partial charge in [-0.15, -0.1) is 11.3 Å². The van der Waals surface area contributed by atoms with E-state index in [1.165, 1.54) is 23.3 Å². The Balaban J connectivity index is 1.13. The van der Waals surface area contributed by atoms with Gasteiger partial charge in [-0.25, -0.2) is 0 Å². The molecule has 7 nitrogen and oxygen atoms in total. The summed E-state index contributed by atoms with van der Waals surface area (Å²) in [7, 11) is 0. The first kappa shape index (κ1) is 41.0. The Hall–Kier alpha value is -3.33. The molecule has 11 rings (SSSR count). The van der Waals surface area contributed by atoms with E-state index in [0.717, 1.165) is 52.8 Å². The minimum atomic E-state index is -1.28. The van der Waals surface area contributed by atoms with Gasteiger partial charge in [-0.05, 0) is 155 Å². The molecule has 8 aliphatic rings. The third-order valence-electron chi connectivity index (χ3n) is 18.2.